The fourth-order valence-corrected chi connectivity index (χ4v) is 6.61. The van der Waals surface area contributed by atoms with Crippen LogP contribution >= 0.6 is 0 Å². The lowest BCUT2D eigenvalue weighted by Crippen LogP contribution is -1.83. The van der Waals surface area contributed by atoms with Crippen molar-refractivity contribution in [2.75, 3.05) is 0 Å². The molecule has 0 bridgehead atoms. The molecule has 0 saturated heterocycles. The van der Waals surface area contributed by atoms with Crippen molar-refractivity contribution >= 4 is 60.0 Å². The molecule has 42 heavy (non-hydrogen) atoms. The number of nitriles is 2. The van der Waals surface area contributed by atoms with E-state index in [0.29, 0.717) is 11.1 Å². The van der Waals surface area contributed by atoms with Gasteiger partial charge in [0.1, 0.15) is 11.2 Å². The van der Waals surface area contributed by atoms with Gasteiger partial charge in [0.15, 0.2) is 0 Å². The number of hydrogen-bond donors (Lipinski definition) is 0. The third-order valence-electron chi connectivity index (χ3n) is 8.58. The van der Waals surface area contributed by atoms with E-state index >= 15 is 0 Å². The van der Waals surface area contributed by atoms with Crippen LogP contribution in [0.5, 0.6) is 0 Å². The number of nitrogens with zero attached hydrogens (tertiary/aromatic N) is 3. The number of furan rings is 1. The quantitative estimate of drug-likeness (QED) is 0.222. The highest BCUT2D eigenvalue weighted by Gasteiger charge is 2.19. The highest BCUT2D eigenvalue weighted by Crippen LogP contribution is 2.42. The minimum absolute atomic E-state index is 0.615. The minimum atomic E-state index is 0.615. The first-order valence-corrected chi connectivity index (χ1v) is 13.8. The molecule has 0 aliphatic heterocycles. The summed E-state index contributed by atoms with van der Waals surface area (Å²) in [4.78, 5) is 0. The highest BCUT2D eigenvalue weighted by molar-refractivity contribution is 6.24. The Morgan fingerprint density at radius 2 is 1.00 bits per heavy atom. The Hall–Kier alpha value is -6.10. The van der Waals surface area contributed by atoms with Crippen molar-refractivity contribution < 1.29 is 4.42 Å². The molecule has 192 valence electrons. The number of hydrogen-bond acceptors (Lipinski definition) is 3. The number of benzene rings is 6. The number of fused-ring (bicyclic) bond motifs is 9. The van der Waals surface area contributed by atoms with Crippen molar-refractivity contribution in [2.45, 2.75) is 0 Å². The van der Waals surface area contributed by atoms with Gasteiger partial charge in [0.05, 0.1) is 39.8 Å². The van der Waals surface area contributed by atoms with Gasteiger partial charge in [-0.1, -0.05) is 60.7 Å². The van der Waals surface area contributed by atoms with E-state index in [4.69, 9.17) is 4.42 Å². The molecular formula is C38H19N3O. The van der Waals surface area contributed by atoms with Crippen LogP contribution in [0.2, 0.25) is 0 Å². The summed E-state index contributed by atoms with van der Waals surface area (Å²) in [5, 5.41) is 25.9. The maximum atomic E-state index is 9.60. The molecule has 4 heteroatoms. The van der Waals surface area contributed by atoms with Gasteiger partial charge in [-0.05, 0) is 76.9 Å². The van der Waals surface area contributed by atoms with Gasteiger partial charge in [-0.2, -0.15) is 10.5 Å². The van der Waals surface area contributed by atoms with Gasteiger partial charge in [0.2, 0.25) is 0 Å². The van der Waals surface area contributed by atoms with Crippen molar-refractivity contribution in [2.24, 2.45) is 0 Å². The lowest BCUT2D eigenvalue weighted by Gasteiger charge is -2.07. The van der Waals surface area contributed by atoms with Crippen LogP contribution in [0.25, 0.3) is 82.3 Å². The molecule has 0 spiro atoms. The Balaban J connectivity index is 1.22. The zero-order valence-corrected chi connectivity index (χ0v) is 22.2. The van der Waals surface area contributed by atoms with E-state index in [1.807, 2.05) is 54.6 Å². The lowest BCUT2D eigenvalue weighted by molar-refractivity contribution is 0.669. The molecular weight excluding hydrogens is 514 g/mol. The molecule has 0 saturated carbocycles. The average molecular weight is 534 g/mol. The van der Waals surface area contributed by atoms with Crippen LogP contribution in [-0.4, -0.2) is 4.40 Å². The van der Waals surface area contributed by atoms with Crippen LogP contribution in [0, 0.1) is 22.7 Å². The number of aromatic nitrogens is 1. The summed E-state index contributed by atoms with van der Waals surface area (Å²) < 4.78 is 8.33. The van der Waals surface area contributed by atoms with E-state index in [-0.39, 0.29) is 0 Å². The van der Waals surface area contributed by atoms with Crippen molar-refractivity contribution in [3.8, 4) is 34.4 Å². The van der Waals surface area contributed by atoms with Crippen molar-refractivity contribution in [1.82, 2.24) is 4.40 Å². The molecule has 0 aliphatic carbocycles. The fraction of sp³-hybridized carbons (Fsp3) is 0. The molecule has 9 aromatic rings. The molecule has 9 rings (SSSR count). The number of para-hydroxylation sites is 1. The Labute approximate surface area is 239 Å². The molecule has 0 N–H and O–H groups in total. The van der Waals surface area contributed by atoms with Crippen molar-refractivity contribution in [1.29, 1.82) is 10.5 Å². The normalized spacial score (nSPS) is 11.8. The summed E-state index contributed by atoms with van der Waals surface area (Å²) in [6.45, 7) is 0. The summed E-state index contributed by atoms with van der Waals surface area (Å²) >= 11 is 0. The van der Waals surface area contributed by atoms with Crippen LogP contribution in [0.1, 0.15) is 11.1 Å². The molecule has 3 heterocycles. The summed E-state index contributed by atoms with van der Waals surface area (Å²) in [7, 11) is 0. The predicted molar refractivity (Wildman–Crippen MR) is 169 cm³/mol. The van der Waals surface area contributed by atoms with E-state index in [1.54, 1.807) is 0 Å². The van der Waals surface area contributed by atoms with E-state index < -0.39 is 0 Å². The van der Waals surface area contributed by atoms with Gasteiger partial charge < -0.3 is 8.82 Å². The predicted octanol–water partition coefficient (Wildman–Crippen LogP) is 9.81. The molecule has 0 aliphatic rings. The Kier molecular flexibility index (Phi) is 4.43. The first-order chi connectivity index (χ1) is 20.7. The molecule has 0 unspecified atom stereocenters. The molecule has 3 aromatic heterocycles. The monoisotopic (exact) mass is 533 g/mol. The zero-order valence-electron chi connectivity index (χ0n) is 22.2. The lowest BCUT2D eigenvalue weighted by atomic mass is 9.96. The summed E-state index contributed by atoms with van der Waals surface area (Å²) in [6.07, 6.45) is 0. The maximum absolute atomic E-state index is 9.60. The van der Waals surface area contributed by atoms with E-state index in [9.17, 15) is 10.5 Å². The van der Waals surface area contributed by atoms with Gasteiger partial charge in [0.25, 0.3) is 0 Å². The standard InChI is InChI=1S/C38H19N3O/c39-20-22-5-12-28-32-17-27(18-33-29-13-6-23(21-40)16-35(29)41(38(32)33)34(28)15-22)25-9-7-24(8-10-25)26-11-14-31-30-3-1-2-4-36(30)42-37(31)19-26/h1-19H. The first kappa shape index (κ1) is 22.7. The third-order valence-corrected chi connectivity index (χ3v) is 8.58. The fourth-order valence-electron chi connectivity index (χ4n) is 6.61. The second-order valence-electron chi connectivity index (χ2n) is 10.8. The Morgan fingerprint density at radius 3 is 1.64 bits per heavy atom. The molecule has 0 fully saturated rings. The van der Waals surface area contributed by atoms with Gasteiger partial charge in [-0.15, -0.1) is 0 Å². The Morgan fingerprint density at radius 1 is 0.452 bits per heavy atom. The van der Waals surface area contributed by atoms with Crippen molar-refractivity contribution in [3.05, 3.63) is 126 Å². The number of rotatable bonds is 2. The second-order valence-corrected chi connectivity index (χ2v) is 10.8. The molecule has 6 aromatic carbocycles. The molecule has 0 atom stereocenters. The molecule has 4 nitrogen and oxygen atoms in total. The first-order valence-electron chi connectivity index (χ1n) is 13.8. The molecule has 0 radical (unpaired) electrons. The smallest absolute Gasteiger partial charge is 0.136 e. The molecule has 0 amide bonds. The summed E-state index contributed by atoms with van der Waals surface area (Å²) in [5.74, 6) is 0. The SMILES string of the molecule is N#Cc1ccc2c3cc(-c4ccc(-c5ccc6c(c5)oc5ccccc56)cc4)cc4c5ccc(C#N)cc5n(c2c1)c34. The van der Waals surface area contributed by atoms with Gasteiger partial charge in [0, 0.05) is 32.3 Å². The van der Waals surface area contributed by atoms with Gasteiger partial charge >= 0.3 is 0 Å². The Bertz CT molecular complexity index is 2540. The van der Waals surface area contributed by atoms with Crippen LogP contribution in [-0.2, 0) is 0 Å². The third kappa shape index (κ3) is 3.04. The van der Waals surface area contributed by atoms with Crippen molar-refractivity contribution in [3.63, 3.8) is 0 Å². The van der Waals surface area contributed by atoms with E-state index in [1.165, 1.54) is 0 Å². The second kappa shape index (κ2) is 8.21. The maximum Gasteiger partial charge on any atom is 0.136 e. The average Bonchev–Trinajstić information content (AvgIpc) is 3.70. The zero-order chi connectivity index (χ0) is 27.9. The van der Waals surface area contributed by atoms with E-state index in [0.717, 1.165) is 82.3 Å². The van der Waals surface area contributed by atoms with E-state index in [2.05, 4.69) is 77.2 Å². The highest BCUT2D eigenvalue weighted by atomic mass is 16.3. The van der Waals surface area contributed by atoms with Gasteiger partial charge in [-0.25, -0.2) is 0 Å². The van der Waals surface area contributed by atoms with Crippen LogP contribution in [0.4, 0.5) is 0 Å². The summed E-state index contributed by atoms with van der Waals surface area (Å²) in [6, 6.07) is 44.0. The van der Waals surface area contributed by atoms with Gasteiger partial charge in [-0.3, -0.25) is 0 Å². The largest absolute Gasteiger partial charge is 0.456 e. The topological polar surface area (TPSA) is 65.1 Å². The van der Waals surface area contributed by atoms with Crippen LogP contribution < -0.4 is 0 Å². The summed E-state index contributed by atoms with van der Waals surface area (Å²) in [5.41, 5.74) is 10.6. The van der Waals surface area contributed by atoms with Crippen LogP contribution in [0.3, 0.4) is 0 Å². The van der Waals surface area contributed by atoms with Crippen LogP contribution in [0.15, 0.2) is 120 Å². The minimum Gasteiger partial charge on any atom is -0.456 e.